The number of rotatable bonds is 3. The van der Waals surface area contributed by atoms with Crippen LogP contribution in [0.15, 0.2) is 24.3 Å². The summed E-state index contributed by atoms with van der Waals surface area (Å²) >= 11 is 0. The topological polar surface area (TPSA) is 55.8 Å². The molecule has 1 aromatic rings. The first kappa shape index (κ1) is 13.5. The Hall–Kier alpha value is -1.88. The average Bonchev–Trinajstić information content (AvgIpc) is 2.87. The summed E-state index contributed by atoms with van der Waals surface area (Å²) in [4.78, 5) is 24.8. The van der Waals surface area contributed by atoms with Gasteiger partial charge in [0.15, 0.2) is 0 Å². The fourth-order valence-electron chi connectivity index (χ4n) is 2.12. The molecule has 5 nitrogen and oxygen atoms in total. The molecule has 1 amide bonds. The predicted octanol–water partition coefficient (Wildman–Crippen LogP) is 1.47. The lowest BCUT2D eigenvalue weighted by Crippen LogP contribution is -2.29. The minimum absolute atomic E-state index is 0.0195. The van der Waals surface area contributed by atoms with Crippen LogP contribution in [0.5, 0.6) is 5.75 Å². The second kappa shape index (κ2) is 5.84. The SMILES string of the molecule is COC1CCN(C(=O)c2ccc(OC(C)=O)cc2)C1. The summed E-state index contributed by atoms with van der Waals surface area (Å²) in [5.74, 6) is 0.0516. The van der Waals surface area contributed by atoms with Gasteiger partial charge in [-0.05, 0) is 30.7 Å². The Labute approximate surface area is 112 Å². The molecular formula is C14H17NO4. The van der Waals surface area contributed by atoms with E-state index in [0.29, 0.717) is 24.4 Å². The Morgan fingerprint density at radius 3 is 2.47 bits per heavy atom. The molecule has 0 saturated carbocycles. The first-order chi connectivity index (χ1) is 9.10. The zero-order valence-electron chi connectivity index (χ0n) is 11.1. The van der Waals surface area contributed by atoms with Crippen molar-refractivity contribution in [2.45, 2.75) is 19.4 Å². The predicted molar refractivity (Wildman–Crippen MR) is 69.1 cm³/mol. The van der Waals surface area contributed by atoms with Gasteiger partial charge in [-0.15, -0.1) is 0 Å². The summed E-state index contributed by atoms with van der Waals surface area (Å²) in [6.07, 6.45) is 0.998. The van der Waals surface area contributed by atoms with E-state index in [2.05, 4.69) is 0 Å². The highest BCUT2D eigenvalue weighted by Crippen LogP contribution is 2.18. The molecule has 1 aliphatic heterocycles. The lowest BCUT2D eigenvalue weighted by atomic mass is 10.2. The van der Waals surface area contributed by atoms with Crippen LogP contribution in [0.25, 0.3) is 0 Å². The lowest BCUT2D eigenvalue weighted by molar-refractivity contribution is -0.131. The van der Waals surface area contributed by atoms with E-state index in [9.17, 15) is 9.59 Å². The molecule has 1 unspecified atom stereocenters. The molecule has 2 rings (SSSR count). The molecule has 0 aromatic heterocycles. The van der Waals surface area contributed by atoms with Gasteiger partial charge in [-0.3, -0.25) is 9.59 Å². The Morgan fingerprint density at radius 1 is 1.26 bits per heavy atom. The van der Waals surface area contributed by atoms with E-state index in [0.717, 1.165) is 6.42 Å². The Balaban J connectivity index is 2.02. The van der Waals surface area contributed by atoms with Crippen molar-refractivity contribution >= 4 is 11.9 Å². The Kier molecular flexibility index (Phi) is 4.16. The van der Waals surface area contributed by atoms with E-state index in [1.54, 1.807) is 36.3 Å². The zero-order valence-corrected chi connectivity index (χ0v) is 11.1. The maximum Gasteiger partial charge on any atom is 0.308 e. The van der Waals surface area contributed by atoms with Gasteiger partial charge in [0, 0.05) is 32.7 Å². The molecule has 102 valence electrons. The van der Waals surface area contributed by atoms with E-state index < -0.39 is 0 Å². The lowest BCUT2D eigenvalue weighted by Gasteiger charge is -2.16. The molecule has 1 saturated heterocycles. The molecule has 5 heteroatoms. The third kappa shape index (κ3) is 3.32. The Morgan fingerprint density at radius 2 is 1.95 bits per heavy atom. The Bertz CT molecular complexity index is 469. The highest BCUT2D eigenvalue weighted by atomic mass is 16.5. The van der Waals surface area contributed by atoms with Gasteiger partial charge in [-0.2, -0.15) is 0 Å². The normalized spacial score (nSPS) is 18.4. The number of carbonyl (C=O) groups is 2. The molecule has 0 aliphatic carbocycles. The quantitative estimate of drug-likeness (QED) is 0.612. The van der Waals surface area contributed by atoms with Gasteiger partial charge in [0.25, 0.3) is 5.91 Å². The minimum atomic E-state index is -0.374. The maximum atomic E-state index is 12.2. The number of benzene rings is 1. The fraction of sp³-hybridized carbons (Fsp3) is 0.429. The van der Waals surface area contributed by atoms with Crippen LogP contribution in [0.4, 0.5) is 0 Å². The zero-order chi connectivity index (χ0) is 13.8. The van der Waals surface area contributed by atoms with Crippen molar-refractivity contribution in [1.82, 2.24) is 4.90 Å². The molecule has 1 atom stereocenters. The number of methoxy groups -OCH3 is 1. The van der Waals surface area contributed by atoms with E-state index in [1.807, 2.05) is 0 Å². The van der Waals surface area contributed by atoms with E-state index >= 15 is 0 Å². The third-order valence-corrected chi connectivity index (χ3v) is 3.13. The van der Waals surface area contributed by atoms with Gasteiger partial charge in [0.1, 0.15) is 5.75 Å². The van der Waals surface area contributed by atoms with Crippen LogP contribution >= 0.6 is 0 Å². The monoisotopic (exact) mass is 263 g/mol. The third-order valence-electron chi connectivity index (χ3n) is 3.13. The van der Waals surface area contributed by atoms with Crippen molar-refractivity contribution in [1.29, 1.82) is 0 Å². The summed E-state index contributed by atoms with van der Waals surface area (Å²) in [6.45, 7) is 2.68. The van der Waals surface area contributed by atoms with Crippen molar-refractivity contribution < 1.29 is 19.1 Å². The highest BCUT2D eigenvalue weighted by Gasteiger charge is 2.26. The molecule has 1 heterocycles. The molecule has 19 heavy (non-hydrogen) atoms. The van der Waals surface area contributed by atoms with E-state index in [4.69, 9.17) is 9.47 Å². The van der Waals surface area contributed by atoms with Gasteiger partial charge in [-0.25, -0.2) is 0 Å². The number of nitrogens with zero attached hydrogens (tertiary/aromatic N) is 1. The summed E-state index contributed by atoms with van der Waals surface area (Å²) in [6, 6.07) is 6.58. The number of carbonyl (C=O) groups excluding carboxylic acids is 2. The molecule has 0 N–H and O–H groups in total. The van der Waals surface area contributed by atoms with Crippen LogP contribution in [0, 0.1) is 0 Å². The van der Waals surface area contributed by atoms with Crippen LogP contribution < -0.4 is 4.74 Å². The van der Waals surface area contributed by atoms with Crippen molar-refractivity contribution in [3.05, 3.63) is 29.8 Å². The number of hydrogen-bond donors (Lipinski definition) is 0. The van der Waals surface area contributed by atoms with Crippen LogP contribution in [-0.2, 0) is 9.53 Å². The van der Waals surface area contributed by atoms with E-state index in [-0.39, 0.29) is 18.0 Å². The summed E-state index contributed by atoms with van der Waals surface area (Å²) in [7, 11) is 1.66. The average molecular weight is 263 g/mol. The second-order valence-electron chi connectivity index (χ2n) is 4.52. The van der Waals surface area contributed by atoms with Crippen LogP contribution in [0.2, 0.25) is 0 Å². The van der Waals surface area contributed by atoms with Gasteiger partial charge in [0.05, 0.1) is 6.10 Å². The number of amides is 1. The van der Waals surface area contributed by atoms with Crippen molar-refractivity contribution in [3.8, 4) is 5.75 Å². The number of likely N-dealkylation sites (tertiary alicyclic amines) is 1. The molecule has 0 bridgehead atoms. The van der Waals surface area contributed by atoms with Gasteiger partial charge < -0.3 is 14.4 Å². The molecule has 0 spiro atoms. The van der Waals surface area contributed by atoms with Crippen LogP contribution in [-0.4, -0.2) is 43.1 Å². The summed E-state index contributed by atoms with van der Waals surface area (Å²) in [5.41, 5.74) is 0.590. The summed E-state index contributed by atoms with van der Waals surface area (Å²) < 4.78 is 10.2. The molecular weight excluding hydrogens is 246 g/mol. The van der Waals surface area contributed by atoms with Crippen LogP contribution in [0.3, 0.4) is 0 Å². The molecule has 1 fully saturated rings. The van der Waals surface area contributed by atoms with Gasteiger partial charge >= 0.3 is 5.97 Å². The molecule has 1 aromatic carbocycles. The number of ether oxygens (including phenoxy) is 2. The second-order valence-corrected chi connectivity index (χ2v) is 4.52. The molecule has 0 radical (unpaired) electrons. The standard InChI is InChI=1S/C14H17NO4/c1-10(16)19-12-5-3-11(4-6-12)14(17)15-8-7-13(9-15)18-2/h3-6,13H,7-9H2,1-2H3. The smallest absolute Gasteiger partial charge is 0.308 e. The van der Waals surface area contributed by atoms with Crippen molar-refractivity contribution in [2.75, 3.05) is 20.2 Å². The number of esters is 1. The summed E-state index contributed by atoms with van der Waals surface area (Å²) in [5, 5.41) is 0. The maximum absolute atomic E-state index is 12.2. The van der Waals surface area contributed by atoms with Gasteiger partial charge in [0.2, 0.25) is 0 Å². The molecule has 1 aliphatic rings. The van der Waals surface area contributed by atoms with Crippen molar-refractivity contribution in [2.24, 2.45) is 0 Å². The van der Waals surface area contributed by atoms with Crippen LogP contribution in [0.1, 0.15) is 23.7 Å². The van der Waals surface area contributed by atoms with E-state index in [1.165, 1.54) is 6.92 Å². The first-order valence-corrected chi connectivity index (χ1v) is 6.20. The first-order valence-electron chi connectivity index (χ1n) is 6.20. The number of hydrogen-bond acceptors (Lipinski definition) is 4. The largest absolute Gasteiger partial charge is 0.427 e. The van der Waals surface area contributed by atoms with Crippen molar-refractivity contribution in [3.63, 3.8) is 0 Å². The highest BCUT2D eigenvalue weighted by molar-refractivity contribution is 5.94. The fourth-order valence-corrected chi connectivity index (χ4v) is 2.12. The minimum Gasteiger partial charge on any atom is -0.427 e. The van der Waals surface area contributed by atoms with Gasteiger partial charge in [-0.1, -0.05) is 0 Å².